The Morgan fingerprint density at radius 3 is 2.81 bits per heavy atom. The van der Waals surface area contributed by atoms with Crippen molar-refractivity contribution in [3.05, 3.63) is 30.1 Å². The number of nitrogens with one attached hydrogen (secondary N) is 1. The molecule has 146 valence electrons. The number of imidazole rings is 1. The summed E-state index contributed by atoms with van der Waals surface area (Å²) in [4.78, 5) is 32.7. The van der Waals surface area contributed by atoms with E-state index in [0.717, 1.165) is 42.8 Å². The van der Waals surface area contributed by atoms with Gasteiger partial charge in [-0.25, -0.2) is 9.78 Å². The highest BCUT2D eigenvalue weighted by molar-refractivity contribution is 5.81. The van der Waals surface area contributed by atoms with Crippen LogP contribution in [0.3, 0.4) is 0 Å². The Kier molecular flexibility index (Phi) is 5.98. The molecule has 0 spiro atoms. The molecule has 0 saturated carbocycles. The minimum Gasteiger partial charge on any atom is -0.355 e. The fourth-order valence-corrected chi connectivity index (χ4v) is 3.76. The average molecular weight is 371 g/mol. The number of aryl methyl sites for hydroxylation is 1. The number of carbonyl (C=O) groups is 2. The van der Waals surface area contributed by atoms with Crippen LogP contribution in [0.1, 0.15) is 25.6 Å². The molecule has 1 unspecified atom stereocenters. The van der Waals surface area contributed by atoms with Crippen molar-refractivity contribution in [1.82, 2.24) is 24.7 Å². The fourth-order valence-electron chi connectivity index (χ4n) is 3.76. The number of para-hydroxylation sites is 2. The monoisotopic (exact) mass is 371 g/mol. The van der Waals surface area contributed by atoms with Crippen LogP contribution in [0.4, 0.5) is 4.79 Å². The zero-order chi connectivity index (χ0) is 19.4. The van der Waals surface area contributed by atoms with Gasteiger partial charge in [0.15, 0.2) is 0 Å². The second-order valence-electron chi connectivity index (χ2n) is 7.26. The van der Waals surface area contributed by atoms with Crippen LogP contribution in [-0.2, 0) is 17.8 Å². The van der Waals surface area contributed by atoms with Crippen LogP contribution in [-0.4, -0.2) is 65.0 Å². The zero-order valence-electron chi connectivity index (χ0n) is 16.4. The van der Waals surface area contributed by atoms with Crippen LogP contribution in [0.25, 0.3) is 11.0 Å². The number of likely N-dealkylation sites (tertiary alicyclic amines) is 1. The molecule has 1 aliphatic rings. The van der Waals surface area contributed by atoms with Gasteiger partial charge in [0.05, 0.1) is 17.0 Å². The van der Waals surface area contributed by atoms with E-state index in [0.29, 0.717) is 19.5 Å². The quantitative estimate of drug-likeness (QED) is 0.875. The largest absolute Gasteiger partial charge is 0.355 e. The second-order valence-corrected chi connectivity index (χ2v) is 7.26. The summed E-state index contributed by atoms with van der Waals surface area (Å²) in [5, 5.41) is 3.04. The van der Waals surface area contributed by atoms with Gasteiger partial charge in [0.2, 0.25) is 5.91 Å². The predicted octanol–water partition coefficient (Wildman–Crippen LogP) is 2.11. The van der Waals surface area contributed by atoms with Crippen LogP contribution in [0.15, 0.2) is 24.3 Å². The number of aromatic nitrogens is 2. The average Bonchev–Trinajstić information content (AvgIpc) is 3.04. The van der Waals surface area contributed by atoms with Crippen molar-refractivity contribution in [3.63, 3.8) is 0 Å². The molecule has 1 aromatic carbocycles. The standard InChI is InChI=1S/C20H29N5O2/c1-4-25-17-10-6-5-9-16(17)22-18(25)11-12-21-19(26)15-8-7-13-24(14-15)20(27)23(2)3/h5-6,9-10,15H,4,7-8,11-14H2,1-3H3,(H,21,26). The maximum Gasteiger partial charge on any atom is 0.319 e. The summed E-state index contributed by atoms with van der Waals surface area (Å²) in [6, 6.07) is 8.08. The first-order valence-electron chi connectivity index (χ1n) is 9.69. The first-order valence-corrected chi connectivity index (χ1v) is 9.69. The molecule has 1 aromatic heterocycles. The van der Waals surface area contributed by atoms with E-state index in [1.54, 1.807) is 23.9 Å². The highest BCUT2D eigenvalue weighted by Gasteiger charge is 2.28. The summed E-state index contributed by atoms with van der Waals surface area (Å²) in [5.41, 5.74) is 2.12. The molecule has 2 heterocycles. The number of rotatable bonds is 5. The fraction of sp³-hybridized carbons (Fsp3) is 0.550. The van der Waals surface area contributed by atoms with Gasteiger partial charge in [0, 0.05) is 46.7 Å². The third-order valence-electron chi connectivity index (χ3n) is 5.14. The molecule has 1 fully saturated rings. The molecule has 1 aliphatic heterocycles. The molecule has 0 radical (unpaired) electrons. The summed E-state index contributed by atoms with van der Waals surface area (Å²) in [5.74, 6) is 0.894. The number of amides is 3. The summed E-state index contributed by atoms with van der Waals surface area (Å²) < 4.78 is 2.19. The number of carbonyl (C=O) groups excluding carboxylic acids is 2. The maximum atomic E-state index is 12.6. The lowest BCUT2D eigenvalue weighted by atomic mass is 9.97. The van der Waals surface area contributed by atoms with Crippen molar-refractivity contribution >= 4 is 23.0 Å². The van der Waals surface area contributed by atoms with Gasteiger partial charge in [0.25, 0.3) is 0 Å². The first kappa shape index (κ1) is 19.2. The molecule has 7 heteroatoms. The number of hydrogen-bond acceptors (Lipinski definition) is 3. The highest BCUT2D eigenvalue weighted by Crippen LogP contribution is 2.18. The van der Waals surface area contributed by atoms with Crippen LogP contribution in [0, 0.1) is 5.92 Å². The zero-order valence-corrected chi connectivity index (χ0v) is 16.4. The molecule has 3 amide bonds. The number of hydrogen-bond donors (Lipinski definition) is 1. The van der Waals surface area contributed by atoms with Crippen molar-refractivity contribution in [2.45, 2.75) is 32.7 Å². The van der Waals surface area contributed by atoms with Gasteiger partial charge in [-0.1, -0.05) is 12.1 Å². The van der Waals surface area contributed by atoms with Crippen LogP contribution in [0.5, 0.6) is 0 Å². The Morgan fingerprint density at radius 2 is 2.07 bits per heavy atom. The van der Waals surface area contributed by atoms with Gasteiger partial charge >= 0.3 is 6.03 Å². The van der Waals surface area contributed by atoms with Crippen LogP contribution in [0.2, 0.25) is 0 Å². The van der Waals surface area contributed by atoms with Crippen molar-refractivity contribution in [3.8, 4) is 0 Å². The topological polar surface area (TPSA) is 70.5 Å². The number of nitrogens with zero attached hydrogens (tertiary/aromatic N) is 4. The first-order chi connectivity index (χ1) is 13.0. The third kappa shape index (κ3) is 4.23. The van der Waals surface area contributed by atoms with E-state index in [1.165, 1.54) is 0 Å². The molecule has 0 aliphatic carbocycles. The minimum atomic E-state index is -0.132. The van der Waals surface area contributed by atoms with Gasteiger partial charge in [-0.15, -0.1) is 0 Å². The maximum absolute atomic E-state index is 12.6. The van der Waals surface area contributed by atoms with Gasteiger partial charge in [-0.05, 0) is 31.9 Å². The molecule has 3 rings (SSSR count). The van der Waals surface area contributed by atoms with E-state index in [-0.39, 0.29) is 17.9 Å². The minimum absolute atomic E-state index is 0.0239. The predicted molar refractivity (Wildman–Crippen MR) is 106 cm³/mol. The van der Waals surface area contributed by atoms with Crippen LogP contribution >= 0.6 is 0 Å². The van der Waals surface area contributed by atoms with E-state index in [2.05, 4.69) is 22.9 Å². The lowest BCUT2D eigenvalue weighted by Gasteiger charge is -2.33. The van der Waals surface area contributed by atoms with Crippen molar-refractivity contribution in [2.24, 2.45) is 5.92 Å². The molecule has 1 saturated heterocycles. The number of urea groups is 1. The lowest BCUT2D eigenvalue weighted by molar-refractivity contribution is -0.126. The number of benzene rings is 1. The number of piperidine rings is 1. The van der Waals surface area contributed by atoms with Crippen molar-refractivity contribution < 1.29 is 9.59 Å². The number of fused-ring (bicyclic) bond motifs is 1. The SMILES string of the molecule is CCn1c(CCNC(=O)C2CCCN(C(=O)N(C)C)C2)nc2ccccc21. The Morgan fingerprint density at radius 1 is 1.30 bits per heavy atom. The van der Waals surface area contributed by atoms with Gasteiger partial charge in [-0.2, -0.15) is 0 Å². The second kappa shape index (κ2) is 8.41. The summed E-state index contributed by atoms with van der Waals surface area (Å²) in [6.07, 6.45) is 2.39. The summed E-state index contributed by atoms with van der Waals surface area (Å²) in [6.45, 7) is 4.74. The molecule has 1 N–H and O–H groups in total. The normalized spacial score (nSPS) is 17.1. The van der Waals surface area contributed by atoms with Crippen molar-refractivity contribution in [1.29, 1.82) is 0 Å². The van der Waals surface area contributed by atoms with Crippen LogP contribution < -0.4 is 5.32 Å². The molecular formula is C20H29N5O2. The van der Waals surface area contributed by atoms with Gasteiger partial charge < -0.3 is 19.7 Å². The Balaban J connectivity index is 1.56. The Bertz CT molecular complexity index is 814. The molecular weight excluding hydrogens is 342 g/mol. The Hall–Kier alpha value is -2.57. The third-order valence-corrected chi connectivity index (χ3v) is 5.14. The van der Waals surface area contributed by atoms with E-state index in [9.17, 15) is 9.59 Å². The molecule has 2 aromatic rings. The summed E-state index contributed by atoms with van der Waals surface area (Å²) in [7, 11) is 3.48. The van der Waals surface area contributed by atoms with E-state index in [4.69, 9.17) is 4.98 Å². The molecule has 7 nitrogen and oxygen atoms in total. The molecule has 0 bridgehead atoms. The Labute approximate surface area is 160 Å². The molecule has 1 atom stereocenters. The van der Waals surface area contributed by atoms with Crippen molar-refractivity contribution in [2.75, 3.05) is 33.7 Å². The summed E-state index contributed by atoms with van der Waals surface area (Å²) >= 11 is 0. The smallest absolute Gasteiger partial charge is 0.319 e. The highest BCUT2D eigenvalue weighted by atomic mass is 16.2. The van der Waals surface area contributed by atoms with E-state index in [1.807, 2.05) is 18.2 Å². The van der Waals surface area contributed by atoms with E-state index >= 15 is 0 Å². The lowest BCUT2D eigenvalue weighted by Crippen LogP contribution is -2.48. The van der Waals surface area contributed by atoms with Gasteiger partial charge in [-0.3, -0.25) is 4.79 Å². The molecule has 27 heavy (non-hydrogen) atoms. The van der Waals surface area contributed by atoms with E-state index < -0.39 is 0 Å². The van der Waals surface area contributed by atoms with Gasteiger partial charge in [0.1, 0.15) is 5.82 Å².